The number of hydrogen-bond acceptors (Lipinski definition) is 0. The average molecular weight is 409 g/mol. The van der Waals surface area contributed by atoms with Gasteiger partial charge in [-0.2, -0.15) is 0 Å². The number of rotatable bonds is 6. The van der Waals surface area contributed by atoms with Crippen molar-refractivity contribution in [3.63, 3.8) is 0 Å². The van der Waals surface area contributed by atoms with Gasteiger partial charge in [0.05, 0.1) is 0 Å². The average Bonchev–Trinajstić information content (AvgIpc) is 3.18. The van der Waals surface area contributed by atoms with Crippen molar-refractivity contribution in [2.45, 2.75) is 46.1 Å². The van der Waals surface area contributed by atoms with E-state index in [1.54, 1.807) is 0 Å². The molecule has 0 aliphatic heterocycles. The molecule has 1 aliphatic rings. The fourth-order valence-corrected chi connectivity index (χ4v) is 10.5. The topological polar surface area (TPSA) is 0 Å². The summed E-state index contributed by atoms with van der Waals surface area (Å²) in [5.41, 5.74) is 5.93. The lowest BCUT2D eigenvalue weighted by Gasteiger charge is -2.38. The van der Waals surface area contributed by atoms with Crippen LogP contribution in [0.3, 0.4) is 0 Å². The van der Waals surface area contributed by atoms with E-state index in [9.17, 15) is 0 Å². The molecule has 0 radical (unpaired) electrons. The van der Waals surface area contributed by atoms with Crippen LogP contribution in [0.4, 0.5) is 0 Å². The number of benzene rings is 3. The second-order valence-corrected chi connectivity index (χ2v) is 12.8. The zero-order valence-electron chi connectivity index (χ0n) is 18.7. The molecule has 3 aromatic rings. The highest BCUT2D eigenvalue weighted by Gasteiger charge is 2.45. The molecule has 1 aliphatic carbocycles. The second kappa shape index (κ2) is 8.61. The van der Waals surface area contributed by atoms with E-state index in [2.05, 4.69) is 119 Å². The van der Waals surface area contributed by atoms with Gasteiger partial charge in [-0.3, -0.25) is 0 Å². The smallest absolute Gasteiger partial charge is 0.0790 e. The first-order valence-electron chi connectivity index (χ1n) is 11.1. The fourth-order valence-electron chi connectivity index (χ4n) is 5.04. The van der Waals surface area contributed by atoms with Crippen molar-refractivity contribution >= 4 is 23.6 Å². The van der Waals surface area contributed by atoms with Crippen molar-refractivity contribution in [2.24, 2.45) is 0 Å². The normalized spacial score (nSPS) is 16.0. The molecule has 0 N–H and O–H groups in total. The van der Waals surface area contributed by atoms with E-state index in [1.165, 1.54) is 44.2 Å². The first-order valence-corrected chi connectivity index (χ1v) is 13.2. The standard InChI is InChI=1S/C29H32Si/c1-5-9-25-16-17-29(21-25)30(26-13-6-10-22(2)18-26,27-14-7-11-23(3)19-27)28-15-8-12-24(4)20-28/h6-8,10-21,29H,5,9H2,1-4H3. The molecular formula is C29H32Si. The quantitative estimate of drug-likeness (QED) is 0.360. The van der Waals surface area contributed by atoms with Gasteiger partial charge in [0.15, 0.2) is 8.07 Å². The largest absolute Gasteiger partial charge is 0.158 e. The maximum atomic E-state index is 2.57. The Morgan fingerprint density at radius 1 is 0.700 bits per heavy atom. The Balaban J connectivity index is 2.07. The highest BCUT2D eigenvalue weighted by molar-refractivity contribution is 7.13. The first kappa shape index (κ1) is 20.6. The minimum atomic E-state index is -2.32. The van der Waals surface area contributed by atoms with Crippen LogP contribution < -0.4 is 15.6 Å². The maximum absolute atomic E-state index is 2.57. The minimum absolute atomic E-state index is 0.421. The number of allylic oxidation sites excluding steroid dienone is 4. The van der Waals surface area contributed by atoms with Crippen LogP contribution in [0.5, 0.6) is 0 Å². The molecule has 0 heterocycles. The Kier molecular flexibility index (Phi) is 5.92. The molecule has 1 atom stereocenters. The maximum Gasteiger partial charge on any atom is 0.158 e. The molecule has 0 saturated carbocycles. The summed E-state index contributed by atoms with van der Waals surface area (Å²) in [6.07, 6.45) is 9.80. The first-order chi connectivity index (χ1) is 14.5. The summed E-state index contributed by atoms with van der Waals surface area (Å²) >= 11 is 0. The third-order valence-corrected chi connectivity index (χ3v) is 11.4. The molecular weight excluding hydrogens is 376 g/mol. The number of aryl methyl sites for hydroxylation is 3. The van der Waals surface area contributed by atoms with Crippen LogP contribution in [-0.2, 0) is 0 Å². The van der Waals surface area contributed by atoms with Crippen LogP contribution in [0.15, 0.2) is 96.6 Å². The molecule has 0 amide bonds. The van der Waals surface area contributed by atoms with Gasteiger partial charge in [0.1, 0.15) is 0 Å². The van der Waals surface area contributed by atoms with Gasteiger partial charge in [0.25, 0.3) is 0 Å². The van der Waals surface area contributed by atoms with Gasteiger partial charge < -0.3 is 0 Å². The van der Waals surface area contributed by atoms with E-state index < -0.39 is 8.07 Å². The predicted octanol–water partition coefficient (Wildman–Crippen LogP) is 5.75. The molecule has 0 bridgehead atoms. The van der Waals surface area contributed by atoms with E-state index in [4.69, 9.17) is 0 Å². The van der Waals surface area contributed by atoms with Gasteiger partial charge in [-0.1, -0.05) is 127 Å². The van der Waals surface area contributed by atoms with Crippen LogP contribution in [0.1, 0.15) is 36.5 Å². The summed E-state index contributed by atoms with van der Waals surface area (Å²) < 4.78 is 0. The summed E-state index contributed by atoms with van der Waals surface area (Å²) in [5, 5.41) is 4.51. The molecule has 0 saturated heterocycles. The monoisotopic (exact) mass is 408 g/mol. The van der Waals surface area contributed by atoms with Crippen LogP contribution in [0, 0.1) is 20.8 Å². The third-order valence-electron chi connectivity index (χ3n) is 6.37. The van der Waals surface area contributed by atoms with Gasteiger partial charge in [0, 0.05) is 5.54 Å². The zero-order valence-corrected chi connectivity index (χ0v) is 19.7. The molecule has 30 heavy (non-hydrogen) atoms. The van der Waals surface area contributed by atoms with Gasteiger partial charge in [-0.05, 0) is 42.8 Å². The van der Waals surface area contributed by atoms with Crippen molar-refractivity contribution in [3.8, 4) is 0 Å². The molecule has 1 heteroatoms. The molecule has 152 valence electrons. The summed E-state index contributed by atoms with van der Waals surface area (Å²) in [7, 11) is -2.32. The molecule has 0 nitrogen and oxygen atoms in total. The van der Waals surface area contributed by atoms with Gasteiger partial charge in [-0.25, -0.2) is 0 Å². The molecule has 0 fully saturated rings. The van der Waals surface area contributed by atoms with E-state index in [1.807, 2.05) is 0 Å². The van der Waals surface area contributed by atoms with Crippen LogP contribution in [0.25, 0.3) is 0 Å². The van der Waals surface area contributed by atoms with Gasteiger partial charge >= 0.3 is 0 Å². The van der Waals surface area contributed by atoms with Crippen molar-refractivity contribution in [3.05, 3.63) is 113 Å². The van der Waals surface area contributed by atoms with Crippen molar-refractivity contribution in [2.75, 3.05) is 0 Å². The fraction of sp³-hybridized carbons (Fsp3) is 0.241. The third kappa shape index (κ3) is 3.75. The SMILES string of the molecule is CCCC1=CC([Si](c2cccc(C)c2)(c2cccc(C)c2)c2cccc(C)c2)C=C1. The van der Waals surface area contributed by atoms with E-state index in [0.717, 1.165) is 6.42 Å². The van der Waals surface area contributed by atoms with E-state index >= 15 is 0 Å². The minimum Gasteiger partial charge on any atom is -0.0790 e. The summed E-state index contributed by atoms with van der Waals surface area (Å²) in [4.78, 5) is 0. The second-order valence-electron chi connectivity index (χ2n) is 8.79. The van der Waals surface area contributed by atoms with Crippen molar-refractivity contribution < 1.29 is 0 Å². The Hall–Kier alpha value is -2.64. The Morgan fingerprint density at radius 2 is 1.17 bits per heavy atom. The van der Waals surface area contributed by atoms with E-state index in [-0.39, 0.29) is 0 Å². The lowest BCUT2D eigenvalue weighted by Crippen LogP contribution is -2.69. The molecule has 3 aromatic carbocycles. The Bertz CT molecular complexity index is 992. The van der Waals surface area contributed by atoms with Crippen LogP contribution in [0.2, 0.25) is 5.54 Å². The molecule has 0 spiro atoms. The molecule has 4 rings (SSSR count). The van der Waals surface area contributed by atoms with Crippen molar-refractivity contribution in [1.82, 2.24) is 0 Å². The van der Waals surface area contributed by atoms with Gasteiger partial charge in [0.2, 0.25) is 0 Å². The highest BCUT2D eigenvalue weighted by atomic mass is 28.3. The highest BCUT2D eigenvalue weighted by Crippen LogP contribution is 2.33. The Labute approximate surface area is 183 Å². The van der Waals surface area contributed by atoms with Crippen LogP contribution in [-0.4, -0.2) is 8.07 Å². The molecule has 1 unspecified atom stereocenters. The summed E-state index contributed by atoms with van der Waals surface area (Å²) in [5.74, 6) is 0. The Morgan fingerprint density at radius 3 is 1.57 bits per heavy atom. The summed E-state index contributed by atoms with van der Waals surface area (Å²) in [6, 6.07) is 27.8. The lowest BCUT2D eigenvalue weighted by molar-refractivity contribution is 0.927. The van der Waals surface area contributed by atoms with Gasteiger partial charge in [-0.15, -0.1) is 0 Å². The zero-order chi connectivity index (χ0) is 21.1. The lowest BCUT2D eigenvalue weighted by atomic mass is 10.2. The predicted molar refractivity (Wildman–Crippen MR) is 134 cm³/mol. The van der Waals surface area contributed by atoms with Crippen LogP contribution >= 0.6 is 0 Å². The molecule has 0 aromatic heterocycles. The van der Waals surface area contributed by atoms with Crippen molar-refractivity contribution in [1.29, 1.82) is 0 Å². The van der Waals surface area contributed by atoms with E-state index in [0.29, 0.717) is 5.54 Å². The summed E-state index contributed by atoms with van der Waals surface area (Å²) in [6.45, 7) is 8.93. The number of hydrogen-bond donors (Lipinski definition) is 0.